The summed E-state index contributed by atoms with van der Waals surface area (Å²) in [6.07, 6.45) is 4.03. The van der Waals surface area contributed by atoms with Crippen LogP contribution >= 0.6 is 0 Å². The second-order valence-electron chi connectivity index (χ2n) is 9.57. The number of rotatable bonds is 4. The van der Waals surface area contributed by atoms with Gasteiger partial charge in [0.1, 0.15) is 0 Å². The summed E-state index contributed by atoms with van der Waals surface area (Å²) in [5.41, 5.74) is 4.78. The first-order chi connectivity index (χ1) is 15.5. The average Bonchev–Trinajstić information content (AvgIpc) is 3.22. The minimum absolute atomic E-state index is 0.0111. The molecule has 6 heteroatoms. The summed E-state index contributed by atoms with van der Waals surface area (Å²) in [5.74, 6) is 0.618. The van der Waals surface area contributed by atoms with Crippen molar-refractivity contribution < 1.29 is 14.7 Å². The molecule has 1 aliphatic carbocycles. The number of amides is 2. The van der Waals surface area contributed by atoms with Crippen molar-refractivity contribution in [2.75, 3.05) is 32.6 Å². The number of carbonyl (C=O) groups is 2. The molecular weight excluding hydrogens is 402 g/mol. The van der Waals surface area contributed by atoms with Crippen LogP contribution in [0, 0.1) is 11.8 Å². The fourth-order valence-corrected chi connectivity index (χ4v) is 5.47. The lowest BCUT2D eigenvalue weighted by atomic mass is 9.80. The Hall–Kier alpha value is -2.86. The smallest absolute Gasteiger partial charge is 0.253 e. The number of benzene rings is 2. The van der Waals surface area contributed by atoms with Crippen LogP contribution < -0.4 is 5.32 Å². The summed E-state index contributed by atoms with van der Waals surface area (Å²) in [4.78, 5) is 29.3. The Morgan fingerprint density at radius 1 is 1.09 bits per heavy atom. The van der Waals surface area contributed by atoms with Crippen molar-refractivity contribution in [2.24, 2.45) is 11.8 Å². The molecule has 3 atom stereocenters. The van der Waals surface area contributed by atoms with Gasteiger partial charge >= 0.3 is 0 Å². The molecule has 0 bridgehead atoms. The zero-order chi connectivity index (χ0) is 22.4. The monoisotopic (exact) mass is 433 g/mol. The molecule has 0 aromatic heterocycles. The zero-order valence-corrected chi connectivity index (χ0v) is 18.8. The van der Waals surface area contributed by atoms with Gasteiger partial charge in [-0.2, -0.15) is 0 Å². The number of aliphatic hydroxyl groups is 1. The molecule has 32 heavy (non-hydrogen) atoms. The van der Waals surface area contributed by atoms with E-state index in [1.807, 2.05) is 36.4 Å². The quantitative estimate of drug-likeness (QED) is 0.774. The van der Waals surface area contributed by atoms with Gasteiger partial charge in [-0.15, -0.1) is 0 Å². The number of aliphatic hydroxyl groups excluding tert-OH is 1. The van der Waals surface area contributed by atoms with Crippen LogP contribution in [0.15, 0.2) is 42.5 Å². The number of likely N-dealkylation sites (tertiary alicyclic amines) is 1. The molecule has 2 heterocycles. The highest BCUT2D eigenvalue weighted by atomic mass is 16.3. The Morgan fingerprint density at radius 2 is 1.88 bits per heavy atom. The predicted octanol–water partition coefficient (Wildman–Crippen LogP) is 3.53. The Morgan fingerprint density at radius 3 is 2.56 bits per heavy atom. The minimum Gasteiger partial charge on any atom is -0.394 e. The van der Waals surface area contributed by atoms with Crippen LogP contribution in [-0.2, 0) is 4.79 Å². The van der Waals surface area contributed by atoms with Crippen molar-refractivity contribution in [1.29, 1.82) is 0 Å². The van der Waals surface area contributed by atoms with Gasteiger partial charge in [0.25, 0.3) is 5.91 Å². The van der Waals surface area contributed by atoms with Gasteiger partial charge in [0.05, 0.1) is 18.7 Å². The van der Waals surface area contributed by atoms with Gasteiger partial charge in [-0.05, 0) is 60.2 Å². The Balaban J connectivity index is 1.53. The molecular formula is C26H31N3O3. The maximum Gasteiger partial charge on any atom is 0.253 e. The van der Waals surface area contributed by atoms with Crippen LogP contribution in [0.3, 0.4) is 0 Å². The molecule has 5 rings (SSSR count). The van der Waals surface area contributed by atoms with Crippen LogP contribution in [0.5, 0.6) is 0 Å². The number of nitrogens with one attached hydrogen (secondary N) is 1. The number of anilines is 1. The normalized spacial score (nSPS) is 24.2. The summed E-state index contributed by atoms with van der Waals surface area (Å²) in [6.45, 7) is 0.807. The van der Waals surface area contributed by atoms with Crippen molar-refractivity contribution in [3.8, 4) is 11.1 Å². The first kappa shape index (κ1) is 21.0. The molecule has 1 saturated heterocycles. The Kier molecular flexibility index (Phi) is 5.41. The van der Waals surface area contributed by atoms with Crippen molar-refractivity contribution >= 4 is 17.5 Å². The molecule has 2 fully saturated rings. The van der Waals surface area contributed by atoms with Crippen molar-refractivity contribution in [1.82, 2.24) is 9.80 Å². The molecule has 2 N–H and O–H groups in total. The summed E-state index contributed by atoms with van der Waals surface area (Å²) in [5, 5.41) is 13.5. The van der Waals surface area contributed by atoms with E-state index in [1.165, 1.54) is 0 Å². The fraction of sp³-hybridized carbons (Fsp3) is 0.462. The van der Waals surface area contributed by atoms with Crippen molar-refractivity contribution in [3.63, 3.8) is 0 Å². The van der Waals surface area contributed by atoms with Gasteiger partial charge in [-0.25, -0.2) is 0 Å². The van der Waals surface area contributed by atoms with Crippen molar-refractivity contribution in [3.05, 3.63) is 53.6 Å². The molecule has 1 saturated carbocycles. The standard InChI is InChI=1S/C26H31N3O3/c1-28(2)25(31)19-8-4-7-17(13-19)18-9-10-22-21(14-18)24-20(23(15-30)27-22)11-12-29(24)26(32)16-5-3-6-16/h4,7-10,13-14,16,20,23-24,27,30H,3,5-6,11-12,15H2,1-2H3/t20-,23+,24-/m0/s1. The summed E-state index contributed by atoms with van der Waals surface area (Å²) < 4.78 is 0. The first-order valence-electron chi connectivity index (χ1n) is 11.6. The summed E-state index contributed by atoms with van der Waals surface area (Å²) in [7, 11) is 3.51. The van der Waals surface area contributed by atoms with E-state index < -0.39 is 0 Å². The van der Waals surface area contributed by atoms with Crippen LogP contribution in [-0.4, -0.2) is 60.0 Å². The van der Waals surface area contributed by atoms with E-state index >= 15 is 0 Å². The fourth-order valence-electron chi connectivity index (χ4n) is 5.47. The van der Waals surface area contributed by atoms with Gasteiger partial charge in [0.2, 0.25) is 5.91 Å². The van der Waals surface area contributed by atoms with E-state index in [4.69, 9.17) is 0 Å². The molecule has 0 radical (unpaired) electrons. The van der Waals surface area contributed by atoms with Gasteiger partial charge in [0.15, 0.2) is 0 Å². The SMILES string of the molecule is CN(C)C(=O)c1cccc(-c2ccc3c(c2)[C@@H]2[C@@H](CCN2C(=O)C2CCC2)[C@@H](CO)N3)c1. The van der Waals surface area contributed by atoms with E-state index in [0.717, 1.165) is 54.6 Å². The molecule has 2 amide bonds. The highest BCUT2D eigenvalue weighted by Gasteiger charge is 2.47. The molecule has 0 spiro atoms. The highest BCUT2D eigenvalue weighted by Crippen LogP contribution is 2.48. The lowest BCUT2D eigenvalue weighted by Crippen LogP contribution is -2.45. The summed E-state index contributed by atoms with van der Waals surface area (Å²) >= 11 is 0. The number of hydrogen-bond acceptors (Lipinski definition) is 4. The maximum atomic E-state index is 13.2. The largest absolute Gasteiger partial charge is 0.394 e. The average molecular weight is 434 g/mol. The lowest BCUT2D eigenvalue weighted by Gasteiger charge is -2.41. The molecule has 6 nitrogen and oxygen atoms in total. The molecule has 2 aliphatic heterocycles. The molecule has 3 aliphatic rings. The third kappa shape index (κ3) is 3.47. The second-order valence-corrected chi connectivity index (χ2v) is 9.57. The van der Waals surface area contributed by atoms with E-state index in [-0.39, 0.29) is 42.3 Å². The number of fused-ring (bicyclic) bond motifs is 3. The maximum absolute atomic E-state index is 13.2. The summed E-state index contributed by atoms with van der Waals surface area (Å²) in [6, 6.07) is 13.9. The first-order valence-corrected chi connectivity index (χ1v) is 11.6. The molecule has 2 aromatic rings. The minimum atomic E-state index is -0.0430. The van der Waals surface area contributed by atoms with Gasteiger partial charge in [0, 0.05) is 43.7 Å². The van der Waals surface area contributed by atoms with E-state index in [9.17, 15) is 14.7 Å². The van der Waals surface area contributed by atoms with E-state index in [0.29, 0.717) is 5.56 Å². The van der Waals surface area contributed by atoms with Crippen LogP contribution in [0.25, 0.3) is 11.1 Å². The van der Waals surface area contributed by atoms with Gasteiger partial charge in [-0.3, -0.25) is 9.59 Å². The molecule has 2 aromatic carbocycles. The topological polar surface area (TPSA) is 72.9 Å². The van der Waals surface area contributed by atoms with Gasteiger partial charge in [-0.1, -0.05) is 24.6 Å². The number of hydrogen-bond donors (Lipinski definition) is 2. The van der Waals surface area contributed by atoms with Crippen LogP contribution in [0.1, 0.15) is 47.6 Å². The lowest BCUT2D eigenvalue weighted by molar-refractivity contribution is -0.139. The highest BCUT2D eigenvalue weighted by molar-refractivity contribution is 5.95. The third-order valence-corrected chi connectivity index (χ3v) is 7.46. The van der Waals surface area contributed by atoms with Crippen LogP contribution in [0.4, 0.5) is 5.69 Å². The third-order valence-electron chi connectivity index (χ3n) is 7.46. The Bertz CT molecular complexity index is 1050. The molecule has 168 valence electrons. The second kappa shape index (κ2) is 8.24. The zero-order valence-electron chi connectivity index (χ0n) is 18.8. The molecule has 0 unspecified atom stereocenters. The predicted molar refractivity (Wildman–Crippen MR) is 124 cm³/mol. The van der Waals surface area contributed by atoms with Crippen LogP contribution in [0.2, 0.25) is 0 Å². The number of carbonyl (C=O) groups excluding carboxylic acids is 2. The Labute approximate surface area is 189 Å². The van der Waals surface area contributed by atoms with Gasteiger partial charge < -0.3 is 20.2 Å². The van der Waals surface area contributed by atoms with E-state index in [1.54, 1.807) is 19.0 Å². The van der Waals surface area contributed by atoms with Crippen molar-refractivity contribution in [2.45, 2.75) is 37.8 Å². The van der Waals surface area contributed by atoms with E-state index in [2.05, 4.69) is 16.3 Å². The number of nitrogens with zero attached hydrogens (tertiary/aromatic N) is 2.